The van der Waals surface area contributed by atoms with Crippen molar-refractivity contribution in [1.29, 1.82) is 0 Å². The van der Waals surface area contributed by atoms with Gasteiger partial charge >= 0.3 is 0 Å². The summed E-state index contributed by atoms with van der Waals surface area (Å²) in [5.41, 5.74) is 0. The summed E-state index contributed by atoms with van der Waals surface area (Å²) >= 11 is 3.42. The normalized spacial score (nSPS) is 10.7. The van der Waals surface area contributed by atoms with Crippen molar-refractivity contribution in [3.05, 3.63) is 16.5 Å². The van der Waals surface area contributed by atoms with Crippen LogP contribution in [0, 0.1) is 5.92 Å². The topological polar surface area (TPSA) is 37.8 Å². The minimum Gasteiger partial charge on any atom is -0.369 e. The van der Waals surface area contributed by atoms with E-state index in [0.717, 1.165) is 35.5 Å². The van der Waals surface area contributed by atoms with E-state index >= 15 is 0 Å². The third-order valence-corrected chi connectivity index (χ3v) is 2.66. The predicted molar refractivity (Wildman–Crippen MR) is 67.1 cm³/mol. The van der Waals surface area contributed by atoms with Crippen molar-refractivity contribution in [3.8, 4) is 0 Å². The zero-order valence-corrected chi connectivity index (χ0v) is 11.1. The maximum absolute atomic E-state index is 4.46. The van der Waals surface area contributed by atoms with Crippen molar-refractivity contribution in [2.45, 2.75) is 33.6 Å². The summed E-state index contributed by atoms with van der Waals surface area (Å²) in [6.07, 6.45) is 3.90. The molecule has 0 aliphatic rings. The van der Waals surface area contributed by atoms with Gasteiger partial charge in [-0.1, -0.05) is 13.8 Å². The molecule has 0 fully saturated rings. The molecule has 84 valence electrons. The summed E-state index contributed by atoms with van der Waals surface area (Å²) in [5, 5.41) is 3.21. The highest BCUT2D eigenvalue weighted by molar-refractivity contribution is 9.10. The Morgan fingerprint density at radius 3 is 2.80 bits per heavy atom. The number of aromatic nitrogens is 2. The molecule has 1 aromatic heterocycles. The van der Waals surface area contributed by atoms with Crippen LogP contribution in [0.4, 0.5) is 5.82 Å². The lowest BCUT2D eigenvalue weighted by Gasteiger charge is -2.08. The maximum atomic E-state index is 4.46. The van der Waals surface area contributed by atoms with E-state index in [2.05, 4.69) is 52.0 Å². The highest BCUT2D eigenvalue weighted by atomic mass is 79.9. The second-order valence-electron chi connectivity index (χ2n) is 3.95. The summed E-state index contributed by atoms with van der Waals surface area (Å²) in [6.45, 7) is 7.36. The van der Waals surface area contributed by atoms with Gasteiger partial charge in [-0.2, -0.15) is 0 Å². The van der Waals surface area contributed by atoms with Crippen molar-refractivity contribution in [2.75, 3.05) is 11.9 Å². The lowest BCUT2D eigenvalue weighted by molar-refractivity contribution is 0.574. The highest BCUT2D eigenvalue weighted by Gasteiger charge is 2.04. The van der Waals surface area contributed by atoms with Crippen LogP contribution in [0.2, 0.25) is 0 Å². The molecule has 1 aromatic rings. The van der Waals surface area contributed by atoms with Crippen molar-refractivity contribution in [2.24, 2.45) is 5.92 Å². The first-order chi connectivity index (χ1) is 7.13. The molecule has 1 heterocycles. The number of aryl methyl sites for hydroxylation is 1. The lowest BCUT2D eigenvalue weighted by Crippen LogP contribution is -2.05. The van der Waals surface area contributed by atoms with E-state index in [0.29, 0.717) is 5.92 Å². The van der Waals surface area contributed by atoms with Crippen LogP contribution in [0.1, 0.15) is 33.0 Å². The molecule has 0 bridgehead atoms. The van der Waals surface area contributed by atoms with E-state index in [9.17, 15) is 0 Å². The smallest absolute Gasteiger partial charge is 0.144 e. The summed E-state index contributed by atoms with van der Waals surface area (Å²) in [6, 6.07) is 0. The minimum atomic E-state index is 0.694. The average molecular weight is 272 g/mol. The van der Waals surface area contributed by atoms with E-state index in [1.54, 1.807) is 0 Å². The van der Waals surface area contributed by atoms with Gasteiger partial charge in [0.1, 0.15) is 11.6 Å². The zero-order valence-electron chi connectivity index (χ0n) is 9.55. The van der Waals surface area contributed by atoms with E-state index < -0.39 is 0 Å². The maximum Gasteiger partial charge on any atom is 0.144 e. The summed E-state index contributed by atoms with van der Waals surface area (Å²) < 4.78 is 0.928. The SMILES string of the molecule is CCNc1nc(CCC(C)C)ncc1Br. The zero-order chi connectivity index (χ0) is 11.3. The first-order valence-corrected chi connectivity index (χ1v) is 6.18. The third-order valence-electron chi connectivity index (χ3n) is 2.08. The number of hydrogen-bond donors (Lipinski definition) is 1. The van der Waals surface area contributed by atoms with E-state index in [-0.39, 0.29) is 0 Å². The number of hydrogen-bond acceptors (Lipinski definition) is 3. The molecular formula is C11H18BrN3. The molecular weight excluding hydrogens is 254 g/mol. The number of rotatable bonds is 5. The van der Waals surface area contributed by atoms with Crippen molar-refractivity contribution < 1.29 is 0 Å². The molecule has 0 saturated carbocycles. The average Bonchev–Trinajstić information content (AvgIpc) is 2.19. The fraction of sp³-hybridized carbons (Fsp3) is 0.636. The molecule has 15 heavy (non-hydrogen) atoms. The molecule has 1 N–H and O–H groups in total. The van der Waals surface area contributed by atoms with Crippen molar-refractivity contribution in [1.82, 2.24) is 9.97 Å². The molecule has 0 radical (unpaired) electrons. The van der Waals surface area contributed by atoms with Gasteiger partial charge in [-0.25, -0.2) is 9.97 Å². The van der Waals surface area contributed by atoms with Crippen LogP contribution >= 0.6 is 15.9 Å². The quantitative estimate of drug-likeness (QED) is 0.894. The van der Waals surface area contributed by atoms with Crippen molar-refractivity contribution in [3.63, 3.8) is 0 Å². The molecule has 0 aliphatic heterocycles. The van der Waals surface area contributed by atoms with E-state index in [4.69, 9.17) is 0 Å². The Morgan fingerprint density at radius 1 is 1.47 bits per heavy atom. The number of anilines is 1. The fourth-order valence-corrected chi connectivity index (χ4v) is 1.56. The predicted octanol–water partition coefficient (Wildman–Crippen LogP) is 3.26. The van der Waals surface area contributed by atoms with Gasteiger partial charge in [0.2, 0.25) is 0 Å². The van der Waals surface area contributed by atoms with Gasteiger partial charge in [0, 0.05) is 19.2 Å². The van der Waals surface area contributed by atoms with Crippen LogP contribution in [0.3, 0.4) is 0 Å². The summed E-state index contributed by atoms with van der Waals surface area (Å²) in [7, 11) is 0. The van der Waals surface area contributed by atoms with Crippen LogP contribution in [-0.2, 0) is 6.42 Å². The van der Waals surface area contributed by atoms with Crippen LogP contribution < -0.4 is 5.32 Å². The molecule has 0 aromatic carbocycles. The summed E-state index contributed by atoms with van der Waals surface area (Å²) in [5.74, 6) is 2.51. The van der Waals surface area contributed by atoms with Gasteiger partial charge in [0.15, 0.2) is 0 Å². The highest BCUT2D eigenvalue weighted by Crippen LogP contribution is 2.19. The Bertz CT molecular complexity index is 313. The minimum absolute atomic E-state index is 0.694. The van der Waals surface area contributed by atoms with E-state index in [1.807, 2.05) is 6.20 Å². The Kier molecular flexibility index (Phi) is 5.02. The molecule has 4 heteroatoms. The van der Waals surface area contributed by atoms with Crippen molar-refractivity contribution >= 4 is 21.7 Å². The second-order valence-corrected chi connectivity index (χ2v) is 4.80. The first kappa shape index (κ1) is 12.4. The Morgan fingerprint density at radius 2 is 2.20 bits per heavy atom. The van der Waals surface area contributed by atoms with Gasteiger partial charge < -0.3 is 5.32 Å². The van der Waals surface area contributed by atoms with Crippen LogP contribution in [0.15, 0.2) is 10.7 Å². The Hall–Kier alpha value is -0.640. The second kappa shape index (κ2) is 6.05. The Balaban J connectivity index is 2.69. The van der Waals surface area contributed by atoms with Crippen LogP contribution in [0.5, 0.6) is 0 Å². The number of nitrogens with one attached hydrogen (secondary N) is 1. The van der Waals surface area contributed by atoms with Crippen LogP contribution in [0.25, 0.3) is 0 Å². The number of nitrogens with zero attached hydrogens (tertiary/aromatic N) is 2. The molecule has 0 aliphatic carbocycles. The van der Waals surface area contributed by atoms with E-state index in [1.165, 1.54) is 0 Å². The fourth-order valence-electron chi connectivity index (χ4n) is 1.23. The standard InChI is InChI=1S/C11H18BrN3/c1-4-13-11-9(12)7-14-10(15-11)6-5-8(2)3/h7-8H,4-6H2,1-3H3,(H,13,14,15). The first-order valence-electron chi connectivity index (χ1n) is 5.38. The molecule has 0 spiro atoms. The largest absolute Gasteiger partial charge is 0.369 e. The lowest BCUT2D eigenvalue weighted by atomic mass is 10.1. The molecule has 0 atom stereocenters. The van der Waals surface area contributed by atoms with Gasteiger partial charge in [-0.15, -0.1) is 0 Å². The third kappa shape index (κ3) is 4.16. The van der Waals surface area contributed by atoms with Gasteiger partial charge in [0.25, 0.3) is 0 Å². The molecule has 0 saturated heterocycles. The Labute approximate surface area is 99.8 Å². The van der Waals surface area contributed by atoms with Crippen LogP contribution in [-0.4, -0.2) is 16.5 Å². The monoisotopic (exact) mass is 271 g/mol. The molecule has 0 amide bonds. The molecule has 1 rings (SSSR count). The van der Waals surface area contributed by atoms with Gasteiger partial charge in [-0.3, -0.25) is 0 Å². The molecule has 0 unspecified atom stereocenters. The van der Waals surface area contributed by atoms with Gasteiger partial charge in [0.05, 0.1) is 4.47 Å². The summed E-state index contributed by atoms with van der Waals surface area (Å²) in [4.78, 5) is 8.76. The van der Waals surface area contributed by atoms with Gasteiger partial charge in [-0.05, 0) is 35.2 Å². The number of halogens is 1. The molecule has 3 nitrogen and oxygen atoms in total.